The van der Waals surface area contributed by atoms with E-state index in [-0.39, 0.29) is 46.2 Å². The van der Waals surface area contributed by atoms with Crippen molar-refractivity contribution >= 4 is 70.5 Å². The smallest absolute Gasteiger partial charge is 0.278 e. The molecule has 7 aliphatic rings. The van der Waals surface area contributed by atoms with Crippen molar-refractivity contribution in [2.24, 2.45) is 11.7 Å². The third-order valence-electron chi connectivity index (χ3n) is 17.9. The topological polar surface area (TPSA) is 540 Å². The molecular weight excluding hydrogens is 1370 g/mol. The molecule has 12 rings (SSSR count). The number of hydrogen-bond donors (Lipinski definition) is 18. The molecule has 5 aromatic carbocycles. The van der Waals surface area contributed by atoms with E-state index in [0.717, 1.165) is 66.7 Å². The zero-order chi connectivity index (χ0) is 73.5. The molecule has 7 aliphatic heterocycles. The Bertz CT molecular complexity index is 4070. The number of hydrogen-bond acceptors (Lipinski definition) is 24. The van der Waals surface area contributed by atoms with Gasteiger partial charge in [0.05, 0.1) is 54.7 Å². The van der Waals surface area contributed by atoms with Crippen LogP contribution in [0.1, 0.15) is 105 Å². The van der Waals surface area contributed by atoms with Crippen molar-refractivity contribution in [1.82, 2.24) is 31.9 Å². The fourth-order valence-electron chi connectivity index (χ4n) is 12.6. The molecule has 33 nitrogen and oxygen atoms in total. The van der Waals surface area contributed by atoms with Crippen LogP contribution < -0.4 is 68.0 Å². The van der Waals surface area contributed by atoms with Gasteiger partial charge in [0, 0.05) is 23.6 Å². The number of ether oxygens (including phenoxy) is 6. The lowest BCUT2D eigenvalue weighted by Crippen LogP contribution is -2.89. The number of aromatic hydroxyl groups is 3. The molecule has 22 N–H and O–H groups in total. The Morgan fingerprint density at radius 2 is 1.35 bits per heavy atom. The van der Waals surface area contributed by atoms with Gasteiger partial charge in [-0.2, -0.15) is 0 Å². The van der Waals surface area contributed by atoms with E-state index in [1.165, 1.54) is 19.1 Å². The molecule has 101 heavy (non-hydrogen) atoms. The van der Waals surface area contributed by atoms with Crippen LogP contribution in [0.2, 0.25) is 10.0 Å². The van der Waals surface area contributed by atoms with Crippen LogP contribution in [-0.2, 0) is 52.6 Å². The highest BCUT2D eigenvalue weighted by molar-refractivity contribution is 6.32. The number of aliphatic hydroxyl groups excluding tert-OH is 6. The maximum Gasteiger partial charge on any atom is 0.278 e. The van der Waals surface area contributed by atoms with Crippen molar-refractivity contribution in [3.8, 4) is 57.1 Å². The Morgan fingerprint density at radius 1 is 0.743 bits per heavy atom. The maximum absolute atomic E-state index is 16.0. The number of halogens is 2. The molecule has 5 aromatic rings. The van der Waals surface area contributed by atoms with Crippen LogP contribution in [-0.4, -0.2) is 186 Å². The molecule has 0 saturated carbocycles. The molecule has 0 radical (unpaired) electrons. The molecule has 18 atom stereocenters. The van der Waals surface area contributed by atoms with Crippen LogP contribution in [0.4, 0.5) is 0 Å². The van der Waals surface area contributed by atoms with E-state index in [1.807, 2.05) is 13.8 Å². The number of rotatable bonds is 13. The van der Waals surface area contributed by atoms with Gasteiger partial charge in [-0.05, 0) is 102 Å². The molecule has 11 bridgehead atoms. The Balaban J connectivity index is 1.24. The summed E-state index contributed by atoms with van der Waals surface area (Å²) in [5.74, 6) is -16.2. The van der Waals surface area contributed by atoms with Gasteiger partial charge in [-0.3, -0.25) is 33.6 Å². The van der Waals surface area contributed by atoms with Crippen LogP contribution in [0.5, 0.6) is 46.0 Å². The van der Waals surface area contributed by atoms with Gasteiger partial charge in [-0.25, -0.2) is 0 Å². The average Bonchev–Trinajstić information content (AvgIpc) is 0.775. The molecular formula is C66H76Cl2N9O24+. The first kappa shape index (κ1) is 74.5. The summed E-state index contributed by atoms with van der Waals surface area (Å²) in [6, 6.07) is -0.718. The lowest BCUT2D eigenvalue weighted by Gasteiger charge is -2.45. The number of phenols is 3. The predicted molar refractivity (Wildman–Crippen MR) is 344 cm³/mol. The van der Waals surface area contributed by atoms with Crippen molar-refractivity contribution in [3.05, 3.63) is 117 Å². The number of carboxylic acid groups (broad SMARTS) is 1. The summed E-state index contributed by atoms with van der Waals surface area (Å²) in [6.07, 6.45) is -18.1. The number of carbonyl (C=O) groups excluding carboxylic acids is 8. The molecule has 0 aromatic heterocycles. The predicted octanol–water partition coefficient (Wildman–Crippen LogP) is -2.97. The number of carboxylic acids is 1. The number of aliphatic carboxylic acids is 1. The van der Waals surface area contributed by atoms with Crippen LogP contribution in [0.15, 0.2) is 78.9 Å². The Morgan fingerprint density at radius 3 is 1.93 bits per heavy atom. The second kappa shape index (κ2) is 30.2. The number of amides is 7. The first-order valence-corrected chi connectivity index (χ1v) is 32.5. The minimum absolute atomic E-state index is 0.0661. The van der Waals surface area contributed by atoms with Gasteiger partial charge >= 0.3 is 0 Å². The lowest BCUT2D eigenvalue weighted by molar-refractivity contribution is -0.651. The van der Waals surface area contributed by atoms with Gasteiger partial charge in [0.25, 0.3) is 5.91 Å². The van der Waals surface area contributed by atoms with Crippen LogP contribution in [0.25, 0.3) is 11.1 Å². The number of fused-ring (bicyclic) bond motifs is 15. The van der Waals surface area contributed by atoms with E-state index in [2.05, 4.69) is 37.6 Å². The fourth-order valence-corrected chi connectivity index (χ4v) is 13.1. The second-order valence-corrected chi connectivity index (χ2v) is 26.8. The number of benzene rings is 5. The van der Waals surface area contributed by atoms with Crippen molar-refractivity contribution in [2.45, 2.75) is 156 Å². The lowest BCUT2D eigenvalue weighted by atomic mass is 9.86. The summed E-state index contributed by atoms with van der Waals surface area (Å²) >= 11 is 14.1. The minimum Gasteiger partial charge on any atom is -0.548 e. The number of nitrogens with two attached hydrogens (primary N) is 2. The van der Waals surface area contributed by atoms with Crippen molar-refractivity contribution in [2.75, 3.05) is 13.7 Å². The summed E-state index contributed by atoms with van der Waals surface area (Å²) in [7, 11) is 1.60. The highest BCUT2D eigenvalue weighted by Gasteiger charge is 2.52. The number of aliphatic hydroxyl groups is 6. The zero-order valence-electron chi connectivity index (χ0n) is 54.5. The Hall–Kier alpha value is -9.20. The minimum atomic E-state index is -2.36. The summed E-state index contributed by atoms with van der Waals surface area (Å²) in [6.45, 7) is 5.86. The third-order valence-corrected chi connectivity index (χ3v) is 18.5. The first-order chi connectivity index (χ1) is 47.7. The molecule has 2 fully saturated rings. The summed E-state index contributed by atoms with van der Waals surface area (Å²) in [5.41, 5.74) is 5.75. The zero-order valence-corrected chi connectivity index (χ0v) is 56.0. The van der Waals surface area contributed by atoms with Gasteiger partial charge < -0.3 is 133 Å². The molecule has 542 valence electrons. The van der Waals surface area contributed by atoms with Gasteiger partial charge in [0.2, 0.25) is 47.5 Å². The Labute approximate surface area is 584 Å². The highest BCUT2D eigenvalue weighted by atomic mass is 35.5. The number of likely N-dealkylation sites (N-methyl/N-ethyl adjacent to an activating group) is 1. The van der Waals surface area contributed by atoms with Gasteiger partial charge in [0.1, 0.15) is 101 Å². The molecule has 7 heterocycles. The molecule has 4 unspecified atom stereocenters. The van der Waals surface area contributed by atoms with Crippen LogP contribution >= 0.6 is 23.2 Å². The second-order valence-electron chi connectivity index (χ2n) is 25.9. The number of primary amides is 1. The molecule has 35 heteroatoms. The first-order valence-electron chi connectivity index (χ1n) is 31.8. The van der Waals surface area contributed by atoms with Gasteiger partial charge in [-0.1, -0.05) is 55.2 Å². The Kier molecular flexibility index (Phi) is 22.2. The highest BCUT2D eigenvalue weighted by Crippen LogP contribution is 2.50. The standard InChI is InChI=1S/C66H75Cl2N9O24/c1-23(2)12-34(71-5)58(88)76-49-51(83)26-7-10-38(32(67)14-26)97-40-16-28-17-41(55(40)101-65-56(54(86)53(85)42(22-78)99-65)100-44-21-66(4,70)57(87)24(3)96-44)98-39-11-8-27(15-33(39)68)52(84)50-63(93)75-48(64(94)95)31-18-29(79)19-37(81)45(31)30-13-25(6-9-36(30)80)46(60(90)77-50)74-61(91)47(28)73-59(89)35(20-43(69)82)72-62(49)92/h6-11,13-19,23-24,34-35,42,44,46-54,56-57,65,71,78-81,83-87H,12,20-22,70H2,1-5H3,(H2,69,82)(H,72,92)(H,73,89)(H,74,91)(H,75,93)(H,76,88)(H,77,90)(H,94,95)/p+1/t24-,34+,35-,42+,44-,46+,47?,48?,49?,50?,51+,52+,53+,54-,56+,57+,65-,66-/m0/s1. The molecule has 0 spiro atoms. The van der Waals surface area contributed by atoms with E-state index in [9.17, 15) is 75.0 Å². The van der Waals surface area contributed by atoms with Crippen LogP contribution in [0.3, 0.4) is 0 Å². The average molecular weight is 1450 g/mol. The SMILES string of the molecule is C[NH2+][C@H](CC(C)C)C(=O)NC1C(=O)N[C@@H](CC(N)=O)C(=O)NC2C(=O)N[C@H]3C(=O)NC(C(=O)NC(C(=O)[O-])c4cc(O)cc(O)c4-c4cc3ccc4O)[C@H](O)c3ccc(c(Cl)c3)Oc3cc2cc(c3O[C@@H]2O[C@H](CO)[C@@H](O)[C@H](O)[C@H]2O[C@H]2C[C@](C)([NH3+])[C@H](O)[C@H](C)O2)Oc2ccc(cc2Cl)[C@H]1O. The largest absolute Gasteiger partial charge is 0.548 e. The van der Waals surface area contributed by atoms with Crippen molar-refractivity contribution < 1.29 is 129 Å². The fraction of sp³-hybridized carbons (Fsp3) is 0.424. The van der Waals surface area contributed by atoms with Gasteiger partial charge in [0.15, 0.2) is 29.9 Å². The van der Waals surface area contributed by atoms with E-state index >= 15 is 14.4 Å². The summed E-state index contributed by atoms with van der Waals surface area (Å²) in [5, 5.41) is 132. The molecule has 0 aliphatic carbocycles. The van der Waals surface area contributed by atoms with E-state index in [0.29, 0.717) is 0 Å². The van der Waals surface area contributed by atoms with E-state index < -0.39 is 237 Å². The monoisotopic (exact) mass is 1450 g/mol. The van der Waals surface area contributed by atoms with E-state index in [1.54, 1.807) is 19.3 Å². The molecule has 2 saturated heterocycles. The van der Waals surface area contributed by atoms with E-state index in [4.69, 9.17) is 57.4 Å². The number of quaternary nitrogens is 2. The quantitative estimate of drug-likeness (QED) is 0.0560. The number of carbonyl (C=O) groups is 8. The summed E-state index contributed by atoms with van der Waals surface area (Å²) < 4.78 is 38.4. The normalized spacial score (nSPS) is 29.4. The molecule has 7 amide bonds. The maximum atomic E-state index is 16.0. The summed E-state index contributed by atoms with van der Waals surface area (Å²) in [4.78, 5) is 117. The number of nitrogens with one attached hydrogen (secondary N) is 6. The van der Waals surface area contributed by atoms with Crippen molar-refractivity contribution in [1.29, 1.82) is 0 Å². The van der Waals surface area contributed by atoms with Gasteiger partial charge in [-0.15, -0.1) is 0 Å². The third kappa shape index (κ3) is 15.8. The number of phenolic OH excluding ortho intramolecular Hbond substituents is 3. The van der Waals surface area contributed by atoms with Crippen molar-refractivity contribution in [3.63, 3.8) is 0 Å². The van der Waals surface area contributed by atoms with Crippen LogP contribution in [0, 0.1) is 5.92 Å².